The number of methoxy groups -OCH3 is 2. The molecule has 2 aliphatic rings. The van der Waals surface area contributed by atoms with Gasteiger partial charge in [-0.2, -0.15) is 0 Å². The monoisotopic (exact) mass is 349 g/mol. The predicted molar refractivity (Wildman–Crippen MR) is 93.0 cm³/mol. The van der Waals surface area contributed by atoms with E-state index in [1.165, 1.54) is 0 Å². The highest BCUT2D eigenvalue weighted by atomic mass is 16.5. The van der Waals surface area contributed by atoms with Gasteiger partial charge in [-0.15, -0.1) is 0 Å². The molecule has 1 amide bonds. The van der Waals surface area contributed by atoms with E-state index in [-0.39, 0.29) is 24.0 Å². The lowest BCUT2D eigenvalue weighted by Crippen LogP contribution is -2.58. The van der Waals surface area contributed by atoms with Crippen molar-refractivity contribution in [3.63, 3.8) is 0 Å². The minimum absolute atomic E-state index is 0.00888. The summed E-state index contributed by atoms with van der Waals surface area (Å²) < 4.78 is 22.4. The molecule has 2 fully saturated rings. The maximum Gasteiger partial charge on any atom is 0.260 e. The van der Waals surface area contributed by atoms with Gasteiger partial charge < -0.3 is 23.8 Å². The van der Waals surface area contributed by atoms with E-state index in [1.807, 2.05) is 23.1 Å². The van der Waals surface area contributed by atoms with Gasteiger partial charge in [-0.3, -0.25) is 4.79 Å². The molecule has 0 aromatic heterocycles. The van der Waals surface area contributed by atoms with Crippen LogP contribution in [0.15, 0.2) is 24.3 Å². The Labute approximate surface area is 149 Å². The van der Waals surface area contributed by atoms with Crippen LogP contribution in [-0.4, -0.2) is 64.0 Å². The molecule has 2 saturated heterocycles. The van der Waals surface area contributed by atoms with E-state index >= 15 is 0 Å². The Morgan fingerprint density at radius 3 is 2.88 bits per heavy atom. The molecule has 0 saturated carbocycles. The molecule has 138 valence electrons. The molecule has 6 heteroatoms. The molecule has 0 aliphatic carbocycles. The second kappa shape index (κ2) is 8.06. The zero-order chi connectivity index (χ0) is 17.7. The van der Waals surface area contributed by atoms with Crippen LogP contribution in [0, 0.1) is 5.41 Å². The Kier molecular flexibility index (Phi) is 5.81. The summed E-state index contributed by atoms with van der Waals surface area (Å²) in [5.41, 5.74) is -0.0919. The van der Waals surface area contributed by atoms with E-state index in [0.29, 0.717) is 31.2 Å². The molecule has 0 unspecified atom stereocenters. The third kappa shape index (κ3) is 3.90. The molecule has 0 N–H and O–H groups in total. The number of piperidine rings is 1. The Balaban J connectivity index is 1.62. The van der Waals surface area contributed by atoms with Gasteiger partial charge in [0.25, 0.3) is 5.91 Å². The number of nitrogens with zero attached hydrogens (tertiary/aromatic N) is 1. The van der Waals surface area contributed by atoms with Crippen LogP contribution in [0.3, 0.4) is 0 Å². The Bertz CT molecular complexity index is 589. The van der Waals surface area contributed by atoms with Crippen molar-refractivity contribution in [3.8, 4) is 11.5 Å². The Morgan fingerprint density at radius 2 is 2.12 bits per heavy atom. The van der Waals surface area contributed by atoms with Crippen molar-refractivity contribution in [1.82, 2.24) is 4.90 Å². The van der Waals surface area contributed by atoms with Crippen LogP contribution in [0.5, 0.6) is 11.5 Å². The lowest BCUT2D eigenvalue weighted by Gasteiger charge is -2.50. The molecular formula is C19H27NO5. The molecule has 1 aromatic carbocycles. The molecular weight excluding hydrogens is 322 g/mol. The normalized spacial score (nSPS) is 26.0. The number of ether oxygens (including phenoxy) is 4. The van der Waals surface area contributed by atoms with Crippen molar-refractivity contribution in [2.45, 2.75) is 25.4 Å². The summed E-state index contributed by atoms with van der Waals surface area (Å²) in [6, 6.07) is 7.36. The first-order valence-electron chi connectivity index (χ1n) is 8.83. The Hall–Kier alpha value is -1.79. The van der Waals surface area contributed by atoms with Gasteiger partial charge in [-0.25, -0.2) is 0 Å². The van der Waals surface area contributed by atoms with Crippen molar-refractivity contribution in [2.75, 3.05) is 47.1 Å². The fraction of sp³-hybridized carbons (Fsp3) is 0.632. The van der Waals surface area contributed by atoms with Gasteiger partial charge in [0.1, 0.15) is 0 Å². The van der Waals surface area contributed by atoms with Crippen molar-refractivity contribution in [1.29, 1.82) is 0 Å². The van der Waals surface area contributed by atoms with Crippen molar-refractivity contribution in [2.24, 2.45) is 5.41 Å². The number of carbonyl (C=O) groups is 1. The molecule has 2 aliphatic heterocycles. The first-order chi connectivity index (χ1) is 12.2. The summed E-state index contributed by atoms with van der Waals surface area (Å²) in [5, 5.41) is 0. The number of amides is 1. The number of para-hydroxylation sites is 2. The maximum absolute atomic E-state index is 12.7. The van der Waals surface area contributed by atoms with Gasteiger partial charge in [0.2, 0.25) is 0 Å². The highest BCUT2D eigenvalue weighted by Gasteiger charge is 2.47. The van der Waals surface area contributed by atoms with E-state index in [2.05, 4.69) is 0 Å². The summed E-state index contributed by atoms with van der Waals surface area (Å²) in [5.74, 6) is 1.21. The van der Waals surface area contributed by atoms with Gasteiger partial charge in [-0.1, -0.05) is 12.1 Å². The average Bonchev–Trinajstić information content (AvgIpc) is 2.65. The first kappa shape index (κ1) is 18.0. The van der Waals surface area contributed by atoms with E-state index < -0.39 is 0 Å². The quantitative estimate of drug-likeness (QED) is 0.787. The van der Waals surface area contributed by atoms with Gasteiger partial charge >= 0.3 is 0 Å². The summed E-state index contributed by atoms with van der Waals surface area (Å²) in [6.45, 7) is 2.80. The molecule has 1 aromatic rings. The molecule has 2 atom stereocenters. The number of hydrogen-bond acceptors (Lipinski definition) is 5. The molecule has 6 nitrogen and oxygen atoms in total. The SMILES string of the molecule is COC[C@]12CCCO[C@H]1CCN(C(=O)COc1ccccc1OC)C2. The van der Waals surface area contributed by atoms with Crippen LogP contribution in [-0.2, 0) is 14.3 Å². The maximum atomic E-state index is 12.7. The zero-order valence-corrected chi connectivity index (χ0v) is 15.0. The van der Waals surface area contributed by atoms with Gasteiger partial charge in [0, 0.05) is 32.2 Å². The molecule has 2 heterocycles. The van der Waals surface area contributed by atoms with E-state index in [1.54, 1.807) is 20.3 Å². The molecule has 0 bridgehead atoms. The minimum Gasteiger partial charge on any atom is -0.493 e. The number of fused-ring (bicyclic) bond motifs is 1. The topological polar surface area (TPSA) is 57.2 Å². The average molecular weight is 349 g/mol. The molecule has 3 rings (SSSR count). The smallest absolute Gasteiger partial charge is 0.260 e. The summed E-state index contributed by atoms with van der Waals surface area (Å²) in [6.07, 6.45) is 3.08. The number of likely N-dealkylation sites (tertiary alicyclic amines) is 1. The van der Waals surface area contributed by atoms with Gasteiger partial charge in [0.05, 0.1) is 19.8 Å². The third-order valence-electron chi connectivity index (χ3n) is 5.19. The fourth-order valence-electron chi connectivity index (χ4n) is 3.97. The largest absolute Gasteiger partial charge is 0.493 e. The second-order valence-electron chi connectivity index (χ2n) is 6.80. The Morgan fingerprint density at radius 1 is 1.32 bits per heavy atom. The predicted octanol–water partition coefficient (Wildman–Crippen LogP) is 2.12. The van der Waals surface area contributed by atoms with Crippen LogP contribution < -0.4 is 9.47 Å². The van der Waals surface area contributed by atoms with Crippen LogP contribution in [0.1, 0.15) is 19.3 Å². The highest BCUT2D eigenvalue weighted by Crippen LogP contribution is 2.40. The van der Waals surface area contributed by atoms with Gasteiger partial charge in [-0.05, 0) is 31.4 Å². The lowest BCUT2D eigenvalue weighted by atomic mass is 9.73. The molecule has 25 heavy (non-hydrogen) atoms. The van der Waals surface area contributed by atoms with Crippen molar-refractivity contribution < 1.29 is 23.7 Å². The molecule has 0 spiro atoms. The highest BCUT2D eigenvalue weighted by molar-refractivity contribution is 5.78. The summed E-state index contributed by atoms with van der Waals surface area (Å²) in [7, 11) is 3.30. The van der Waals surface area contributed by atoms with Crippen molar-refractivity contribution >= 4 is 5.91 Å². The fourth-order valence-corrected chi connectivity index (χ4v) is 3.97. The molecule has 0 radical (unpaired) electrons. The second-order valence-corrected chi connectivity index (χ2v) is 6.80. The van der Waals surface area contributed by atoms with Crippen LogP contribution >= 0.6 is 0 Å². The summed E-state index contributed by atoms with van der Waals surface area (Å²) >= 11 is 0. The van der Waals surface area contributed by atoms with E-state index in [4.69, 9.17) is 18.9 Å². The van der Waals surface area contributed by atoms with Crippen LogP contribution in [0.2, 0.25) is 0 Å². The van der Waals surface area contributed by atoms with Crippen LogP contribution in [0.4, 0.5) is 0 Å². The summed E-state index contributed by atoms with van der Waals surface area (Å²) in [4.78, 5) is 14.6. The van der Waals surface area contributed by atoms with Gasteiger partial charge in [0.15, 0.2) is 18.1 Å². The number of rotatable bonds is 6. The number of hydrogen-bond donors (Lipinski definition) is 0. The van der Waals surface area contributed by atoms with E-state index in [9.17, 15) is 4.79 Å². The third-order valence-corrected chi connectivity index (χ3v) is 5.19. The standard InChI is InChI=1S/C19H27NO5/c1-22-14-19-9-5-11-24-17(19)8-10-20(13-19)18(21)12-25-16-7-4-3-6-15(16)23-2/h3-4,6-7,17H,5,8-14H2,1-2H3/t17-,19+/m0/s1. The van der Waals surface area contributed by atoms with Crippen LogP contribution in [0.25, 0.3) is 0 Å². The number of carbonyl (C=O) groups excluding carboxylic acids is 1. The zero-order valence-electron chi connectivity index (χ0n) is 15.0. The van der Waals surface area contributed by atoms with E-state index in [0.717, 1.165) is 25.9 Å². The first-order valence-corrected chi connectivity index (χ1v) is 8.83. The number of benzene rings is 1. The minimum atomic E-state index is -0.0919. The lowest BCUT2D eigenvalue weighted by molar-refractivity contribution is -0.163. The van der Waals surface area contributed by atoms with Crippen molar-refractivity contribution in [3.05, 3.63) is 24.3 Å².